The van der Waals surface area contributed by atoms with Gasteiger partial charge in [0, 0.05) is 5.56 Å². The molecule has 1 heterocycles. The molecule has 2 N–H and O–H groups in total. The van der Waals surface area contributed by atoms with Gasteiger partial charge in [-0.1, -0.05) is 29.8 Å². The Balaban J connectivity index is 1.93. The summed E-state index contributed by atoms with van der Waals surface area (Å²) in [6.07, 6.45) is 0. The Morgan fingerprint density at radius 3 is 2.62 bits per heavy atom. The van der Waals surface area contributed by atoms with E-state index in [-0.39, 0.29) is 5.69 Å². The topological polar surface area (TPSA) is 69.6 Å². The van der Waals surface area contributed by atoms with Crippen LogP contribution in [-0.4, -0.2) is 20.2 Å². The monoisotopic (exact) mass is 283 g/mol. The number of halogens is 1. The average Bonchev–Trinajstić information content (AvgIpc) is 2.92. The summed E-state index contributed by atoms with van der Waals surface area (Å²) in [5.74, 6) is 0.0341. The predicted molar refractivity (Wildman–Crippen MR) is 77.9 cm³/mol. The first kappa shape index (κ1) is 13.2. The molecule has 0 atom stereocenters. The van der Waals surface area contributed by atoms with Crippen LogP contribution in [0.4, 0.5) is 10.1 Å². The molecule has 0 saturated carbocycles. The summed E-state index contributed by atoms with van der Waals surface area (Å²) in [5.41, 5.74) is 8.45. The van der Waals surface area contributed by atoms with Crippen molar-refractivity contribution in [3.05, 3.63) is 59.4 Å². The highest BCUT2D eigenvalue weighted by molar-refractivity contribution is 5.59. The van der Waals surface area contributed by atoms with Crippen LogP contribution in [0.15, 0.2) is 42.5 Å². The first-order chi connectivity index (χ1) is 10.1. The molecule has 0 fully saturated rings. The molecule has 0 radical (unpaired) electrons. The molecule has 6 heteroatoms. The van der Waals surface area contributed by atoms with Gasteiger partial charge < -0.3 is 5.73 Å². The molecule has 2 aromatic carbocycles. The Hall–Kier alpha value is -2.76. The quantitative estimate of drug-likeness (QED) is 0.749. The molecule has 3 aromatic rings. The molecule has 21 heavy (non-hydrogen) atoms. The van der Waals surface area contributed by atoms with Crippen molar-refractivity contribution in [3.8, 4) is 11.4 Å². The van der Waals surface area contributed by atoms with Crippen molar-refractivity contribution < 1.29 is 4.39 Å². The lowest BCUT2D eigenvalue weighted by atomic mass is 10.1. The van der Waals surface area contributed by atoms with Crippen LogP contribution in [-0.2, 0) is 6.54 Å². The molecule has 0 amide bonds. The summed E-state index contributed by atoms with van der Waals surface area (Å²) >= 11 is 0. The fraction of sp³-hybridized carbons (Fsp3) is 0.133. The van der Waals surface area contributed by atoms with Crippen LogP contribution in [0.3, 0.4) is 0 Å². The minimum absolute atomic E-state index is 0.108. The Labute approximate surface area is 121 Å². The average molecular weight is 283 g/mol. The minimum atomic E-state index is -0.475. The van der Waals surface area contributed by atoms with Gasteiger partial charge in [-0.3, -0.25) is 0 Å². The van der Waals surface area contributed by atoms with E-state index in [0.717, 1.165) is 5.56 Å². The van der Waals surface area contributed by atoms with Gasteiger partial charge in [-0.25, -0.2) is 9.07 Å². The molecule has 3 rings (SSSR count). The molecule has 0 bridgehead atoms. The number of tetrazole rings is 1. The van der Waals surface area contributed by atoms with Gasteiger partial charge in [-0.15, -0.1) is 5.10 Å². The second kappa shape index (κ2) is 5.32. The number of benzene rings is 2. The highest BCUT2D eigenvalue weighted by atomic mass is 19.1. The number of rotatable bonds is 3. The number of hydrogen-bond donors (Lipinski definition) is 1. The van der Waals surface area contributed by atoms with Crippen LogP contribution in [0.5, 0.6) is 0 Å². The maximum Gasteiger partial charge on any atom is 0.182 e. The highest BCUT2D eigenvalue weighted by Gasteiger charge is 2.11. The maximum atomic E-state index is 13.6. The van der Waals surface area contributed by atoms with E-state index in [0.29, 0.717) is 17.9 Å². The first-order valence-electron chi connectivity index (χ1n) is 6.50. The van der Waals surface area contributed by atoms with Gasteiger partial charge in [0.2, 0.25) is 0 Å². The fourth-order valence-electron chi connectivity index (χ4n) is 2.05. The van der Waals surface area contributed by atoms with Crippen LogP contribution < -0.4 is 5.73 Å². The van der Waals surface area contributed by atoms with Crippen LogP contribution in [0, 0.1) is 12.7 Å². The summed E-state index contributed by atoms with van der Waals surface area (Å²) in [5, 5.41) is 11.6. The lowest BCUT2D eigenvalue weighted by Gasteiger charge is -2.06. The van der Waals surface area contributed by atoms with E-state index in [4.69, 9.17) is 5.73 Å². The summed E-state index contributed by atoms with van der Waals surface area (Å²) in [6, 6.07) is 12.6. The van der Waals surface area contributed by atoms with Crippen molar-refractivity contribution in [2.45, 2.75) is 13.5 Å². The molecule has 106 valence electrons. The summed E-state index contributed by atoms with van der Waals surface area (Å²) < 4.78 is 15.2. The summed E-state index contributed by atoms with van der Waals surface area (Å²) in [7, 11) is 0. The van der Waals surface area contributed by atoms with Crippen LogP contribution in [0.25, 0.3) is 11.4 Å². The van der Waals surface area contributed by atoms with Crippen molar-refractivity contribution in [3.63, 3.8) is 0 Å². The van der Waals surface area contributed by atoms with Crippen molar-refractivity contribution in [2.75, 3.05) is 5.73 Å². The van der Waals surface area contributed by atoms with Crippen LogP contribution in [0.2, 0.25) is 0 Å². The van der Waals surface area contributed by atoms with Gasteiger partial charge >= 0.3 is 0 Å². The minimum Gasteiger partial charge on any atom is -0.396 e. The van der Waals surface area contributed by atoms with Crippen molar-refractivity contribution >= 4 is 5.69 Å². The van der Waals surface area contributed by atoms with E-state index >= 15 is 0 Å². The number of nitrogen functional groups attached to an aromatic ring is 1. The number of anilines is 1. The third-order valence-electron chi connectivity index (χ3n) is 3.24. The van der Waals surface area contributed by atoms with E-state index in [9.17, 15) is 4.39 Å². The molecule has 0 aliphatic rings. The second-order valence-corrected chi connectivity index (χ2v) is 4.88. The van der Waals surface area contributed by atoms with Gasteiger partial charge in [-0.05, 0) is 41.1 Å². The SMILES string of the molecule is Cc1ccc(Cn2nnnc2-c2ccc(N)c(F)c2)cc1. The maximum absolute atomic E-state index is 13.6. The Kier molecular flexibility index (Phi) is 3.35. The van der Waals surface area contributed by atoms with Crippen molar-refractivity contribution in [1.29, 1.82) is 0 Å². The molecule has 0 spiro atoms. The molecule has 5 nitrogen and oxygen atoms in total. The standard InChI is InChI=1S/C15H14FN5/c1-10-2-4-11(5-3-10)9-21-15(18-19-20-21)12-6-7-14(17)13(16)8-12/h2-8H,9,17H2,1H3. The van der Waals surface area contributed by atoms with Crippen molar-refractivity contribution in [1.82, 2.24) is 20.2 Å². The number of hydrogen-bond acceptors (Lipinski definition) is 4. The van der Waals surface area contributed by atoms with Gasteiger partial charge in [0.25, 0.3) is 0 Å². The van der Waals surface area contributed by atoms with Gasteiger partial charge in [0.1, 0.15) is 5.82 Å². The zero-order valence-corrected chi connectivity index (χ0v) is 11.5. The van der Waals surface area contributed by atoms with Gasteiger partial charge in [-0.2, -0.15) is 0 Å². The van der Waals surface area contributed by atoms with E-state index in [1.165, 1.54) is 17.7 Å². The van der Waals surface area contributed by atoms with Crippen molar-refractivity contribution in [2.24, 2.45) is 0 Å². The van der Waals surface area contributed by atoms with E-state index < -0.39 is 5.82 Å². The number of nitrogens with two attached hydrogens (primary N) is 1. The summed E-state index contributed by atoms with van der Waals surface area (Å²) in [4.78, 5) is 0. The number of aryl methyl sites for hydroxylation is 1. The highest BCUT2D eigenvalue weighted by Crippen LogP contribution is 2.21. The second-order valence-electron chi connectivity index (χ2n) is 4.88. The lowest BCUT2D eigenvalue weighted by molar-refractivity contribution is 0.631. The molecule has 0 aliphatic carbocycles. The molecule has 1 aromatic heterocycles. The van der Waals surface area contributed by atoms with Crippen LogP contribution >= 0.6 is 0 Å². The normalized spacial score (nSPS) is 10.8. The largest absolute Gasteiger partial charge is 0.396 e. The van der Waals surface area contributed by atoms with Gasteiger partial charge in [0.05, 0.1) is 12.2 Å². The first-order valence-corrected chi connectivity index (χ1v) is 6.50. The molecule has 0 aliphatic heterocycles. The Morgan fingerprint density at radius 2 is 1.90 bits per heavy atom. The third-order valence-corrected chi connectivity index (χ3v) is 3.24. The Morgan fingerprint density at radius 1 is 1.14 bits per heavy atom. The number of aromatic nitrogens is 4. The number of nitrogens with zero attached hydrogens (tertiary/aromatic N) is 4. The lowest BCUT2D eigenvalue weighted by Crippen LogP contribution is -2.04. The van der Waals surface area contributed by atoms with Crippen LogP contribution in [0.1, 0.15) is 11.1 Å². The summed E-state index contributed by atoms with van der Waals surface area (Å²) in [6.45, 7) is 2.55. The van der Waals surface area contributed by atoms with E-state index in [1.54, 1.807) is 10.7 Å². The zero-order chi connectivity index (χ0) is 14.8. The predicted octanol–water partition coefficient (Wildman–Crippen LogP) is 2.42. The zero-order valence-electron chi connectivity index (χ0n) is 11.5. The third kappa shape index (κ3) is 2.74. The van der Waals surface area contributed by atoms with E-state index in [2.05, 4.69) is 15.5 Å². The smallest absolute Gasteiger partial charge is 0.182 e. The molecule has 0 saturated heterocycles. The van der Waals surface area contributed by atoms with Gasteiger partial charge in [0.15, 0.2) is 5.82 Å². The molecular weight excluding hydrogens is 269 g/mol. The van der Waals surface area contributed by atoms with E-state index in [1.807, 2.05) is 31.2 Å². The molecule has 0 unspecified atom stereocenters. The Bertz CT molecular complexity index is 764. The fourth-order valence-corrected chi connectivity index (χ4v) is 2.05. The molecular formula is C15H14FN5.